The highest BCUT2D eigenvalue weighted by Crippen LogP contribution is 2.33. The highest BCUT2D eigenvalue weighted by atomic mass is 19.2. The van der Waals surface area contributed by atoms with E-state index in [4.69, 9.17) is 4.74 Å². The van der Waals surface area contributed by atoms with Crippen molar-refractivity contribution in [3.05, 3.63) is 41.5 Å². The summed E-state index contributed by atoms with van der Waals surface area (Å²) in [5.41, 5.74) is 1.05. The predicted molar refractivity (Wildman–Crippen MR) is 102 cm³/mol. The van der Waals surface area contributed by atoms with E-state index < -0.39 is 23.5 Å². The van der Waals surface area contributed by atoms with E-state index in [9.17, 15) is 22.8 Å². The number of halogens is 3. The number of benzene rings is 1. The van der Waals surface area contributed by atoms with Crippen molar-refractivity contribution in [2.45, 2.75) is 38.1 Å². The molecule has 3 atom stereocenters. The summed E-state index contributed by atoms with van der Waals surface area (Å²) >= 11 is 0. The van der Waals surface area contributed by atoms with Gasteiger partial charge in [-0.3, -0.25) is 9.58 Å². The Labute approximate surface area is 174 Å². The molecule has 0 bridgehead atoms. The minimum atomic E-state index is -1.60. The van der Waals surface area contributed by atoms with Gasteiger partial charge in [0.25, 0.3) is 0 Å². The summed E-state index contributed by atoms with van der Waals surface area (Å²) in [6.07, 6.45) is 1.59. The lowest BCUT2D eigenvalue weighted by Crippen LogP contribution is -2.47. The average molecular weight is 436 g/mol. The summed E-state index contributed by atoms with van der Waals surface area (Å²) in [4.78, 5) is 28.4. The van der Waals surface area contributed by atoms with Gasteiger partial charge in [-0.2, -0.15) is 5.10 Å². The van der Waals surface area contributed by atoms with Crippen LogP contribution in [0.2, 0.25) is 0 Å². The molecule has 5 rings (SSSR count). The van der Waals surface area contributed by atoms with Crippen molar-refractivity contribution >= 4 is 23.4 Å². The van der Waals surface area contributed by atoms with Crippen molar-refractivity contribution < 1.29 is 27.5 Å². The molecule has 2 N–H and O–H groups in total. The van der Waals surface area contributed by atoms with Crippen LogP contribution in [0, 0.1) is 17.5 Å². The van der Waals surface area contributed by atoms with Gasteiger partial charge in [0.05, 0.1) is 62.0 Å². The molecule has 0 aliphatic carbocycles. The summed E-state index contributed by atoms with van der Waals surface area (Å²) in [6.45, 7) is 3.13. The maximum absolute atomic E-state index is 13.5. The average Bonchev–Trinajstić information content (AvgIpc) is 3.39. The van der Waals surface area contributed by atoms with Gasteiger partial charge < -0.3 is 20.3 Å². The molecule has 12 heteroatoms. The van der Waals surface area contributed by atoms with Gasteiger partial charge in [0.2, 0.25) is 0 Å². The molecule has 0 radical (unpaired) electrons. The van der Waals surface area contributed by atoms with Crippen LogP contribution in [-0.4, -0.2) is 58.1 Å². The van der Waals surface area contributed by atoms with Gasteiger partial charge in [-0.25, -0.2) is 22.8 Å². The van der Waals surface area contributed by atoms with Crippen molar-refractivity contribution in [1.82, 2.24) is 20.0 Å². The maximum Gasteiger partial charge on any atom is 0.322 e. The number of urea groups is 2. The largest absolute Gasteiger partial charge is 0.377 e. The molecule has 0 spiro atoms. The number of hydrogen-bond acceptors (Lipinski definition) is 4. The minimum absolute atomic E-state index is 0.103. The Bertz CT molecular complexity index is 1050. The summed E-state index contributed by atoms with van der Waals surface area (Å²) in [5, 5.41) is 9.65. The van der Waals surface area contributed by atoms with Gasteiger partial charge in [0, 0.05) is 17.8 Å². The normalized spacial score (nSPS) is 24.8. The Kier molecular flexibility index (Phi) is 4.54. The Morgan fingerprint density at radius 1 is 1.26 bits per heavy atom. The van der Waals surface area contributed by atoms with E-state index in [0.29, 0.717) is 31.1 Å². The molecule has 2 aromatic rings. The van der Waals surface area contributed by atoms with Crippen molar-refractivity contribution in [2.75, 3.05) is 23.4 Å². The number of anilines is 2. The van der Waals surface area contributed by atoms with Gasteiger partial charge in [0.15, 0.2) is 17.5 Å². The summed E-state index contributed by atoms with van der Waals surface area (Å²) < 4.78 is 47.4. The van der Waals surface area contributed by atoms with Crippen molar-refractivity contribution in [3.63, 3.8) is 0 Å². The molecule has 2 fully saturated rings. The standard InChI is InChI=1S/C19H19F3N6O3/c1-9-5-27-15(14(4-23-27)28-16-8-31-7-13(16)25-19(28)30)6-26(9)18(29)24-10-2-11(20)17(22)12(21)3-10/h2-4,9,13,16H,5-8H2,1H3,(H,24,29)(H,25,30)/t9-,13?,16?/m0/s1. The Morgan fingerprint density at radius 3 is 2.74 bits per heavy atom. The number of aromatic nitrogens is 2. The molecule has 1 aromatic heterocycles. The first-order valence-corrected chi connectivity index (χ1v) is 9.78. The second-order valence-corrected chi connectivity index (χ2v) is 7.85. The van der Waals surface area contributed by atoms with Crippen LogP contribution in [0.15, 0.2) is 18.3 Å². The lowest BCUT2D eigenvalue weighted by Gasteiger charge is -2.35. The number of amides is 4. The molecule has 2 unspecified atom stereocenters. The second-order valence-electron chi connectivity index (χ2n) is 7.85. The van der Waals surface area contributed by atoms with Crippen LogP contribution >= 0.6 is 0 Å². The highest BCUT2D eigenvalue weighted by molar-refractivity contribution is 5.96. The van der Waals surface area contributed by atoms with E-state index in [1.165, 1.54) is 4.90 Å². The number of carbonyl (C=O) groups excluding carboxylic acids is 2. The van der Waals surface area contributed by atoms with Gasteiger partial charge >= 0.3 is 12.1 Å². The molecular weight excluding hydrogens is 417 g/mol. The zero-order valence-electron chi connectivity index (χ0n) is 16.4. The summed E-state index contributed by atoms with van der Waals surface area (Å²) in [5.74, 6) is -4.39. The van der Waals surface area contributed by atoms with Crippen LogP contribution in [0.1, 0.15) is 12.6 Å². The molecule has 0 saturated carbocycles. The first-order chi connectivity index (χ1) is 14.8. The third-order valence-corrected chi connectivity index (χ3v) is 5.88. The molecule has 31 heavy (non-hydrogen) atoms. The van der Waals surface area contributed by atoms with E-state index in [-0.39, 0.29) is 36.4 Å². The van der Waals surface area contributed by atoms with Crippen LogP contribution in [-0.2, 0) is 17.8 Å². The molecule has 4 heterocycles. The van der Waals surface area contributed by atoms with E-state index in [2.05, 4.69) is 15.7 Å². The molecule has 1 aromatic carbocycles. The van der Waals surface area contributed by atoms with Crippen molar-refractivity contribution in [3.8, 4) is 0 Å². The summed E-state index contributed by atoms with van der Waals surface area (Å²) in [6, 6.07) is 0.0298. The van der Waals surface area contributed by atoms with Gasteiger partial charge in [-0.1, -0.05) is 0 Å². The first-order valence-electron chi connectivity index (χ1n) is 9.78. The number of hydrogen-bond donors (Lipinski definition) is 2. The van der Waals surface area contributed by atoms with E-state index in [0.717, 1.165) is 12.1 Å². The molecular formula is C19H19F3N6O3. The SMILES string of the molecule is C[C@H]1Cn2ncc(N3C(=O)NC4COCC43)c2CN1C(=O)Nc1cc(F)c(F)c(F)c1. The third kappa shape index (κ3) is 3.17. The zero-order chi connectivity index (χ0) is 21.9. The summed E-state index contributed by atoms with van der Waals surface area (Å²) in [7, 11) is 0. The minimum Gasteiger partial charge on any atom is -0.377 e. The van der Waals surface area contributed by atoms with Crippen LogP contribution in [0.25, 0.3) is 0 Å². The maximum atomic E-state index is 13.5. The fourth-order valence-corrected chi connectivity index (χ4v) is 4.29. The number of carbonyl (C=O) groups is 2. The molecule has 9 nitrogen and oxygen atoms in total. The molecule has 3 aliphatic rings. The van der Waals surface area contributed by atoms with Crippen LogP contribution in [0.5, 0.6) is 0 Å². The number of rotatable bonds is 2. The quantitative estimate of drug-likeness (QED) is 0.705. The number of nitrogens with one attached hydrogen (secondary N) is 2. The second kappa shape index (κ2) is 7.15. The van der Waals surface area contributed by atoms with Crippen LogP contribution in [0.4, 0.5) is 34.1 Å². The lowest BCUT2D eigenvalue weighted by atomic mass is 10.1. The van der Waals surface area contributed by atoms with E-state index >= 15 is 0 Å². The number of fused-ring (bicyclic) bond motifs is 2. The van der Waals surface area contributed by atoms with Gasteiger partial charge in [-0.05, 0) is 6.92 Å². The third-order valence-electron chi connectivity index (χ3n) is 5.88. The molecule has 3 aliphatic heterocycles. The monoisotopic (exact) mass is 436 g/mol. The molecule has 4 amide bonds. The number of ether oxygens (including phenoxy) is 1. The molecule has 2 saturated heterocycles. The van der Waals surface area contributed by atoms with Gasteiger partial charge in [0.1, 0.15) is 0 Å². The molecule has 164 valence electrons. The Balaban J connectivity index is 1.39. The first kappa shape index (κ1) is 19.7. The van der Waals surface area contributed by atoms with Crippen LogP contribution in [0.3, 0.4) is 0 Å². The Hall–Kier alpha value is -3.28. The highest BCUT2D eigenvalue weighted by Gasteiger charge is 2.46. The zero-order valence-corrected chi connectivity index (χ0v) is 16.4. The van der Waals surface area contributed by atoms with Crippen molar-refractivity contribution in [1.29, 1.82) is 0 Å². The van der Waals surface area contributed by atoms with Crippen LogP contribution < -0.4 is 15.5 Å². The fourth-order valence-electron chi connectivity index (χ4n) is 4.29. The predicted octanol–water partition coefficient (Wildman–Crippen LogP) is 2.03. The fraction of sp³-hybridized carbons (Fsp3) is 0.421. The number of nitrogens with zero attached hydrogens (tertiary/aromatic N) is 4. The smallest absolute Gasteiger partial charge is 0.322 e. The van der Waals surface area contributed by atoms with Gasteiger partial charge in [-0.15, -0.1) is 0 Å². The van der Waals surface area contributed by atoms with E-state index in [1.807, 2.05) is 0 Å². The van der Waals surface area contributed by atoms with E-state index in [1.54, 1.807) is 22.7 Å². The lowest BCUT2D eigenvalue weighted by molar-refractivity contribution is 0.161. The Morgan fingerprint density at radius 2 is 2.00 bits per heavy atom. The topological polar surface area (TPSA) is 91.7 Å². The van der Waals surface area contributed by atoms with Crippen molar-refractivity contribution in [2.24, 2.45) is 0 Å².